The largest absolute Gasteiger partial charge is 0.394 e. The van der Waals surface area contributed by atoms with E-state index in [9.17, 15) is 13.5 Å². The summed E-state index contributed by atoms with van der Waals surface area (Å²) in [6, 6.07) is 10.1. The van der Waals surface area contributed by atoms with E-state index in [0.717, 1.165) is 5.56 Å². The van der Waals surface area contributed by atoms with Gasteiger partial charge in [-0.2, -0.15) is 13.5 Å². The molecule has 0 aliphatic carbocycles. The van der Waals surface area contributed by atoms with E-state index in [1.165, 1.54) is 11.1 Å². The van der Waals surface area contributed by atoms with Gasteiger partial charge in [-0.1, -0.05) is 12.1 Å². The number of aromatic nitrogens is 1. The second kappa shape index (κ2) is 6.27. The summed E-state index contributed by atoms with van der Waals surface area (Å²) in [6.45, 7) is -0.0564. The van der Waals surface area contributed by atoms with Crippen LogP contribution in [0.3, 0.4) is 0 Å². The first-order valence-corrected chi connectivity index (χ1v) is 8.32. The molecule has 23 heavy (non-hydrogen) atoms. The van der Waals surface area contributed by atoms with E-state index in [1.54, 1.807) is 48.9 Å². The molecule has 0 fully saturated rings. The van der Waals surface area contributed by atoms with Crippen molar-refractivity contribution in [2.75, 3.05) is 13.2 Å². The van der Waals surface area contributed by atoms with E-state index < -0.39 is 10.0 Å². The van der Waals surface area contributed by atoms with Crippen LogP contribution in [0.5, 0.6) is 0 Å². The fraction of sp³-hybridized carbons (Fsp3) is 0.133. The number of amidine groups is 1. The van der Waals surface area contributed by atoms with Gasteiger partial charge in [-0.3, -0.25) is 4.98 Å². The maximum Gasteiger partial charge on any atom is 0.285 e. The van der Waals surface area contributed by atoms with Crippen LogP contribution in [0, 0.1) is 0 Å². The third kappa shape index (κ3) is 3.13. The molecule has 2 aromatic rings. The minimum Gasteiger partial charge on any atom is -0.394 e. The van der Waals surface area contributed by atoms with E-state index in [2.05, 4.69) is 14.5 Å². The SMILES string of the molecule is O=S1(=O)N=C(N(CCO)N=Cc2ccncc2)c2ccccc21. The molecule has 7 nitrogen and oxygen atoms in total. The number of rotatable bonds is 4. The van der Waals surface area contributed by atoms with E-state index in [1.807, 2.05) is 0 Å². The fourth-order valence-electron chi connectivity index (χ4n) is 2.17. The number of aliphatic hydroxyl groups excluding tert-OH is 1. The Morgan fingerprint density at radius 2 is 1.91 bits per heavy atom. The van der Waals surface area contributed by atoms with Gasteiger partial charge >= 0.3 is 0 Å². The number of pyridine rings is 1. The Kier molecular flexibility index (Phi) is 4.18. The maximum absolute atomic E-state index is 12.1. The molecule has 0 unspecified atom stereocenters. The molecule has 1 aliphatic heterocycles. The molecule has 0 spiro atoms. The second-order valence-electron chi connectivity index (χ2n) is 4.76. The Morgan fingerprint density at radius 3 is 2.65 bits per heavy atom. The third-order valence-electron chi connectivity index (χ3n) is 3.22. The number of hydrazone groups is 1. The molecule has 0 saturated heterocycles. The summed E-state index contributed by atoms with van der Waals surface area (Å²) < 4.78 is 28.0. The lowest BCUT2D eigenvalue weighted by Crippen LogP contribution is -2.28. The summed E-state index contributed by atoms with van der Waals surface area (Å²) in [5.41, 5.74) is 1.28. The summed E-state index contributed by atoms with van der Waals surface area (Å²) in [4.78, 5) is 4.07. The number of hydrogen-bond acceptors (Lipinski definition) is 6. The molecule has 0 amide bonds. The number of sulfonamides is 1. The molecule has 0 bridgehead atoms. The first kappa shape index (κ1) is 15.3. The van der Waals surface area contributed by atoms with Crippen LogP contribution in [-0.4, -0.2) is 48.7 Å². The number of aliphatic hydroxyl groups is 1. The predicted octanol–water partition coefficient (Wildman–Crippen LogP) is 0.859. The van der Waals surface area contributed by atoms with Crippen LogP contribution in [0.4, 0.5) is 0 Å². The zero-order valence-electron chi connectivity index (χ0n) is 12.1. The topological polar surface area (TPSA) is 95.2 Å². The third-order valence-corrected chi connectivity index (χ3v) is 4.55. The second-order valence-corrected chi connectivity index (χ2v) is 6.33. The van der Waals surface area contributed by atoms with Crippen molar-refractivity contribution in [1.29, 1.82) is 0 Å². The Morgan fingerprint density at radius 1 is 1.17 bits per heavy atom. The average molecular weight is 330 g/mol. The molecule has 1 aromatic heterocycles. The van der Waals surface area contributed by atoms with Gasteiger partial charge in [0.25, 0.3) is 10.0 Å². The standard InChI is InChI=1S/C15H14N4O3S/c20-10-9-19(17-11-12-5-7-16-8-6-12)15-13-3-1-2-4-14(13)23(21,22)18-15/h1-8,11,20H,9-10H2. The molecule has 1 aliphatic rings. The molecule has 118 valence electrons. The minimum atomic E-state index is -3.72. The van der Waals surface area contributed by atoms with Crippen molar-refractivity contribution >= 4 is 22.1 Å². The minimum absolute atomic E-state index is 0.129. The van der Waals surface area contributed by atoms with Crippen molar-refractivity contribution in [2.45, 2.75) is 4.90 Å². The van der Waals surface area contributed by atoms with Gasteiger partial charge in [0.1, 0.15) is 4.90 Å². The van der Waals surface area contributed by atoms with Crippen LogP contribution in [-0.2, 0) is 10.0 Å². The summed E-state index contributed by atoms with van der Waals surface area (Å²) in [5, 5.41) is 14.9. The highest BCUT2D eigenvalue weighted by atomic mass is 32.2. The van der Waals surface area contributed by atoms with E-state index in [0.29, 0.717) is 5.56 Å². The zero-order chi connectivity index (χ0) is 16.3. The predicted molar refractivity (Wildman–Crippen MR) is 85.8 cm³/mol. The highest BCUT2D eigenvalue weighted by molar-refractivity contribution is 7.90. The monoisotopic (exact) mass is 330 g/mol. The molecule has 1 N–H and O–H groups in total. The van der Waals surface area contributed by atoms with Crippen LogP contribution in [0.2, 0.25) is 0 Å². The number of hydrogen-bond donors (Lipinski definition) is 1. The quantitative estimate of drug-likeness (QED) is 0.662. The zero-order valence-corrected chi connectivity index (χ0v) is 12.9. The van der Waals surface area contributed by atoms with Gasteiger partial charge < -0.3 is 5.11 Å². The lowest BCUT2D eigenvalue weighted by atomic mass is 10.2. The lowest BCUT2D eigenvalue weighted by molar-refractivity contribution is 0.254. The molecule has 3 rings (SSSR count). The van der Waals surface area contributed by atoms with Gasteiger partial charge in [0, 0.05) is 18.0 Å². The Bertz CT molecular complexity index is 863. The molecule has 1 aromatic carbocycles. The Balaban J connectivity index is 1.98. The van der Waals surface area contributed by atoms with E-state index >= 15 is 0 Å². The van der Waals surface area contributed by atoms with Gasteiger partial charge in [-0.05, 0) is 29.8 Å². The normalized spacial score (nSPS) is 15.4. The highest BCUT2D eigenvalue weighted by Crippen LogP contribution is 2.27. The number of nitrogens with zero attached hydrogens (tertiary/aromatic N) is 4. The molecule has 0 atom stereocenters. The summed E-state index contributed by atoms with van der Waals surface area (Å²) in [5.74, 6) is 0.208. The van der Waals surface area contributed by atoms with Crippen LogP contribution < -0.4 is 0 Å². The average Bonchev–Trinajstić information content (AvgIpc) is 2.84. The fourth-order valence-corrected chi connectivity index (χ4v) is 3.38. The van der Waals surface area contributed by atoms with Crippen molar-refractivity contribution in [3.63, 3.8) is 0 Å². The Labute approximate surface area is 133 Å². The van der Waals surface area contributed by atoms with Crippen LogP contribution in [0.1, 0.15) is 11.1 Å². The molecular weight excluding hydrogens is 316 g/mol. The van der Waals surface area contributed by atoms with Crippen molar-refractivity contribution in [3.05, 3.63) is 59.9 Å². The van der Waals surface area contributed by atoms with Crippen LogP contribution in [0.25, 0.3) is 0 Å². The summed E-state index contributed by atoms with van der Waals surface area (Å²) >= 11 is 0. The summed E-state index contributed by atoms with van der Waals surface area (Å²) in [7, 11) is -3.72. The van der Waals surface area contributed by atoms with Gasteiger partial charge in [0.2, 0.25) is 0 Å². The molecule has 0 saturated carbocycles. The van der Waals surface area contributed by atoms with Crippen molar-refractivity contribution in [3.8, 4) is 0 Å². The molecule has 0 radical (unpaired) electrons. The van der Waals surface area contributed by atoms with Crippen LogP contribution in [0.15, 0.2) is 63.2 Å². The highest BCUT2D eigenvalue weighted by Gasteiger charge is 2.31. The van der Waals surface area contributed by atoms with E-state index in [4.69, 9.17) is 0 Å². The smallest absolute Gasteiger partial charge is 0.285 e. The Hall–Kier alpha value is -2.58. The first-order chi connectivity index (χ1) is 11.1. The maximum atomic E-state index is 12.1. The van der Waals surface area contributed by atoms with Gasteiger partial charge in [-0.15, -0.1) is 4.40 Å². The van der Waals surface area contributed by atoms with Gasteiger partial charge in [-0.25, -0.2) is 5.01 Å². The van der Waals surface area contributed by atoms with Crippen LogP contribution >= 0.6 is 0 Å². The molecule has 2 heterocycles. The summed E-state index contributed by atoms with van der Waals surface area (Å²) in [6.07, 6.45) is 4.82. The lowest BCUT2D eigenvalue weighted by Gasteiger charge is -2.17. The molecular formula is C15H14N4O3S. The van der Waals surface area contributed by atoms with E-state index in [-0.39, 0.29) is 23.9 Å². The van der Waals surface area contributed by atoms with Crippen molar-refractivity contribution in [2.24, 2.45) is 9.50 Å². The number of benzene rings is 1. The first-order valence-electron chi connectivity index (χ1n) is 6.88. The van der Waals surface area contributed by atoms with Gasteiger partial charge in [0.15, 0.2) is 5.84 Å². The van der Waals surface area contributed by atoms with Gasteiger partial charge in [0.05, 0.1) is 19.4 Å². The van der Waals surface area contributed by atoms with Crippen molar-refractivity contribution < 1.29 is 13.5 Å². The van der Waals surface area contributed by atoms with Crippen molar-refractivity contribution in [1.82, 2.24) is 9.99 Å². The molecule has 8 heteroatoms. The number of fused-ring (bicyclic) bond motifs is 1.